The molecule has 1 amide bonds. The summed E-state index contributed by atoms with van der Waals surface area (Å²) in [6.45, 7) is 7.19. The maximum absolute atomic E-state index is 12.2. The topological polar surface area (TPSA) is 50.8 Å². The van der Waals surface area contributed by atoms with E-state index in [0.29, 0.717) is 5.92 Å². The average molecular weight is 334 g/mol. The van der Waals surface area contributed by atoms with E-state index in [4.69, 9.17) is 9.47 Å². The molecule has 1 aliphatic heterocycles. The van der Waals surface area contributed by atoms with Crippen LogP contribution in [-0.2, 0) is 4.74 Å². The van der Waals surface area contributed by atoms with Crippen LogP contribution in [0.2, 0.25) is 0 Å². The minimum Gasteiger partial charge on any atom is -0.497 e. The van der Waals surface area contributed by atoms with E-state index in [1.54, 1.807) is 7.11 Å². The highest BCUT2D eigenvalue weighted by Gasteiger charge is 2.30. The summed E-state index contributed by atoms with van der Waals surface area (Å²) >= 11 is 0. The number of hydrogen-bond donors (Lipinski definition) is 1. The summed E-state index contributed by atoms with van der Waals surface area (Å²) in [5, 5.41) is 3.43. The number of piperidine rings is 1. The number of rotatable bonds is 4. The van der Waals surface area contributed by atoms with Gasteiger partial charge in [0, 0.05) is 19.1 Å². The van der Waals surface area contributed by atoms with Gasteiger partial charge in [-0.15, -0.1) is 0 Å². The van der Waals surface area contributed by atoms with Crippen LogP contribution in [0.25, 0.3) is 0 Å². The Morgan fingerprint density at radius 1 is 1.21 bits per heavy atom. The van der Waals surface area contributed by atoms with Crippen molar-refractivity contribution in [1.29, 1.82) is 0 Å². The Labute approximate surface area is 145 Å². The molecule has 1 unspecified atom stereocenters. The molecular weight excluding hydrogens is 304 g/mol. The molecule has 5 nitrogen and oxygen atoms in total. The van der Waals surface area contributed by atoms with Crippen molar-refractivity contribution in [2.24, 2.45) is 5.92 Å². The maximum atomic E-state index is 12.2. The van der Waals surface area contributed by atoms with Gasteiger partial charge in [0.1, 0.15) is 11.4 Å². The second-order valence-corrected chi connectivity index (χ2v) is 7.34. The highest BCUT2D eigenvalue weighted by atomic mass is 16.6. The minimum atomic E-state index is -0.440. The fraction of sp³-hybridized carbons (Fsp3) is 0.632. The first-order valence-electron chi connectivity index (χ1n) is 8.63. The van der Waals surface area contributed by atoms with E-state index in [-0.39, 0.29) is 12.1 Å². The first-order valence-corrected chi connectivity index (χ1v) is 8.63. The van der Waals surface area contributed by atoms with Gasteiger partial charge in [-0.25, -0.2) is 4.79 Å². The number of carbonyl (C=O) groups excluding carboxylic acids is 1. The van der Waals surface area contributed by atoms with E-state index < -0.39 is 5.60 Å². The maximum Gasteiger partial charge on any atom is 0.410 e. The predicted octanol–water partition coefficient (Wildman–Crippen LogP) is 3.60. The predicted molar refractivity (Wildman–Crippen MR) is 95.3 cm³/mol. The van der Waals surface area contributed by atoms with Crippen molar-refractivity contribution in [3.05, 3.63) is 29.8 Å². The molecule has 0 bridgehead atoms. The van der Waals surface area contributed by atoms with Gasteiger partial charge in [-0.3, -0.25) is 0 Å². The van der Waals surface area contributed by atoms with E-state index in [1.807, 2.05) is 44.9 Å². The van der Waals surface area contributed by atoms with E-state index in [2.05, 4.69) is 17.4 Å². The lowest BCUT2D eigenvalue weighted by molar-refractivity contribution is 0.0170. The molecule has 1 atom stereocenters. The lowest BCUT2D eigenvalue weighted by Gasteiger charge is -2.36. The van der Waals surface area contributed by atoms with Crippen molar-refractivity contribution < 1.29 is 14.3 Å². The summed E-state index contributed by atoms with van der Waals surface area (Å²) in [6.07, 6.45) is 1.74. The first kappa shape index (κ1) is 18.6. The van der Waals surface area contributed by atoms with E-state index in [1.165, 1.54) is 5.56 Å². The number of carbonyl (C=O) groups is 1. The van der Waals surface area contributed by atoms with Crippen molar-refractivity contribution in [1.82, 2.24) is 10.2 Å². The molecule has 1 aromatic rings. The zero-order valence-electron chi connectivity index (χ0n) is 15.5. The molecule has 5 heteroatoms. The molecule has 1 saturated heterocycles. The number of ether oxygens (including phenoxy) is 2. The highest BCUT2D eigenvalue weighted by molar-refractivity contribution is 5.68. The normalized spacial score (nSPS) is 17.5. The Kier molecular flexibility index (Phi) is 6.10. The zero-order valence-corrected chi connectivity index (χ0v) is 15.5. The second-order valence-electron chi connectivity index (χ2n) is 7.34. The summed E-state index contributed by atoms with van der Waals surface area (Å²) in [5.74, 6) is 1.37. The van der Waals surface area contributed by atoms with E-state index in [0.717, 1.165) is 31.7 Å². The van der Waals surface area contributed by atoms with Gasteiger partial charge in [0.25, 0.3) is 0 Å². The van der Waals surface area contributed by atoms with Gasteiger partial charge in [-0.2, -0.15) is 0 Å². The summed E-state index contributed by atoms with van der Waals surface area (Å²) in [6, 6.07) is 8.50. The zero-order chi connectivity index (χ0) is 17.7. The van der Waals surface area contributed by atoms with Crippen LogP contribution in [0, 0.1) is 5.92 Å². The Morgan fingerprint density at radius 2 is 1.79 bits per heavy atom. The van der Waals surface area contributed by atoms with Gasteiger partial charge < -0.3 is 19.7 Å². The average Bonchev–Trinajstić information content (AvgIpc) is 2.55. The van der Waals surface area contributed by atoms with Crippen molar-refractivity contribution >= 4 is 6.09 Å². The molecule has 2 rings (SSSR count). The van der Waals surface area contributed by atoms with Crippen LogP contribution in [0.5, 0.6) is 5.75 Å². The third-order valence-corrected chi connectivity index (χ3v) is 4.45. The first-order chi connectivity index (χ1) is 11.3. The van der Waals surface area contributed by atoms with Crippen LogP contribution in [0.4, 0.5) is 4.79 Å². The highest BCUT2D eigenvalue weighted by Crippen LogP contribution is 2.31. The van der Waals surface area contributed by atoms with Crippen molar-refractivity contribution in [2.75, 3.05) is 27.2 Å². The molecule has 24 heavy (non-hydrogen) atoms. The van der Waals surface area contributed by atoms with Gasteiger partial charge in [0.2, 0.25) is 0 Å². The smallest absolute Gasteiger partial charge is 0.410 e. The van der Waals surface area contributed by atoms with Gasteiger partial charge in [-0.1, -0.05) is 12.1 Å². The monoisotopic (exact) mass is 334 g/mol. The molecule has 0 radical (unpaired) electrons. The SMILES string of the molecule is CNC(c1ccc(OC)cc1)C1CCN(C(=O)OC(C)(C)C)CC1. The fourth-order valence-electron chi connectivity index (χ4n) is 3.23. The number of amides is 1. The van der Waals surface area contributed by atoms with Crippen molar-refractivity contribution in [2.45, 2.75) is 45.3 Å². The summed E-state index contributed by atoms with van der Waals surface area (Å²) in [4.78, 5) is 14.0. The fourth-order valence-corrected chi connectivity index (χ4v) is 3.23. The van der Waals surface area contributed by atoms with Crippen LogP contribution < -0.4 is 10.1 Å². The molecule has 134 valence electrons. The quantitative estimate of drug-likeness (QED) is 0.914. The summed E-state index contributed by atoms with van der Waals surface area (Å²) in [7, 11) is 3.67. The molecule has 0 aromatic heterocycles. The summed E-state index contributed by atoms with van der Waals surface area (Å²) < 4.78 is 10.7. The molecule has 1 aromatic carbocycles. The number of nitrogens with zero attached hydrogens (tertiary/aromatic N) is 1. The van der Waals surface area contributed by atoms with Gasteiger partial charge in [0.05, 0.1) is 7.11 Å². The van der Waals surface area contributed by atoms with Crippen LogP contribution in [0.3, 0.4) is 0 Å². The number of hydrogen-bond acceptors (Lipinski definition) is 4. The number of nitrogens with one attached hydrogen (secondary N) is 1. The van der Waals surface area contributed by atoms with Crippen molar-refractivity contribution in [3.63, 3.8) is 0 Å². The van der Waals surface area contributed by atoms with E-state index >= 15 is 0 Å². The van der Waals surface area contributed by atoms with Crippen LogP contribution in [0.15, 0.2) is 24.3 Å². The lowest BCUT2D eigenvalue weighted by Crippen LogP contribution is -2.43. The van der Waals surface area contributed by atoms with Crippen LogP contribution in [-0.4, -0.2) is 43.8 Å². The third-order valence-electron chi connectivity index (χ3n) is 4.45. The molecule has 0 spiro atoms. The Morgan fingerprint density at radius 3 is 2.25 bits per heavy atom. The Hall–Kier alpha value is -1.75. The molecule has 1 N–H and O–H groups in total. The van der Waals surface area contributed by atoms with Gasteiger partial charge >= 0.3 is 6.09 Å². The van der Waals surface area contributed by atoms with Crippen LogP contribution >= 0.6 is 0 Å². The molecule has 1 fully saturated rings. The molecule has 0 saturated carbocycles. The Balaban J connectivity index is 1.95. The molecular formula is C19H30N2O3. The number of benzene rings is 1. The minimum absolute atomic E-state index is 0.202. The number of methoxy groups -OCH3 is 1. The number of likely N-dealkylation sites (tertiary alicyclic amines) is 1. The summed E-state index contributed by atoms with van der Waals surface area (Å²) in [5.41, 5.74) is 0.818. The van der Waals surface area contributed by atoms with E-state index in [9.17, 15) is 4.79 Å². The second kappa shape index (κ2) is 7.88. The lowest BCUT2D eigenvalue weighted by atomic mass is 9.85. The molecule has 1 heterocycles. The standard InChI is InChI=1S/C19H30N2O3/c1-19(2,3)24-18(22)21-12-10-15(11-13-21)17(20-4)14-6-8-16(23-5)9-7-14/h6-9,15,17,20H,10-13H2,1-5H3. The van der Waals surface area contributed by atoms with Crippen molar-refractivity contribution in [3.8, 4) is 5.75 Å². The van der Waals surface area contributed by atoms with Gasteiger partial charge in [0.15, 0.2) is 0 Å². The molecule has 1 aliphatic rings. The third kappa shape index (κ3) is 4.87. The van der Waals surface area contributed by atoms with Gasteiger partial charge in [-0.05, 0) is 64.3 Å². The largest absolute Gasteiger partial charge is 0.497 e. The van der Waals surface area contributed by atoms with Crippen LogP contribution in [0.1, 0.15) is 45.2 Å². The molecule has 0 aliphatic carbocycles. The Bertz CT molecular complexity index is 529.